The molecule has 1 saturated heterocycles. The number of benzene rings is 1. The lowest BCUT2D eigenvalue weighted by Crippen LogP contribution is -2.30. The summed E-state index contributed by atoms with van der Waals surface area (Å²) in [4.78, 5) is 0. The maximum absolute atomic E-state index is 4.62. The van der Waals surface area contributed by atoms with Crippen molar-refractivity contribution in [3.05, 3.63) is 40.6 Å². The molecule has 100 valence electrons. The van der Waals surface area contributed by atoms with E-state index in [1.54, 1.807) is 0 Å². The molecule has 2 aromatic rings. The molecule has 1 aliphatic rings. The van der Waals surface area contributed by atoms with Crippen LogP contribution in [0.25, 0.3) is 11.1 Å². The minimum absolute atomic E-state index is 0.547. The third kappa shape index (κ3) is 2.60. The summed E-state index contributed by atoms with van der Waals surface area (Å²) in [6, 6.07) is 8.99. The molecule has 3 nitrogen and oxygen atoms in total. The molecule has 0 amide bonds. The number of hydrogen-bond donors (Lipinski definition) is 1. The van der Waals surface area contributed by atoms with Gasteiger partial charge in [-0.25, -0.2) is 0 Å². The van der Waals surface area contributed by atoms with Crippen LogP contribution in [0.1, 0.15) is 24.6 Å². The molecular formula is C15H18BrN3. The van der Waals surface area contributed by atoms with Crippen LogP contribution in [-0.2, 0) is 0 Å². The fourth-order valence-corrected chi connectivity index (χ4v) is 3.02. The van der Waals surface area contributed by atoms with Gasteiger partial charge in [0.2, 0.25) is 0 Å². The first-order valence-electron chi connectivity index (χ1n) is 6.76. The van der Waals surface area contributed by atoms with E-state index in [1.807, 2.05) is 6.20 Å². The molecule has 0 unspecified atom stereocenters. The standard InChI is InChI=1S/C15H18BrN3/c1-11-15(12-2-4-13(16)5-3-12)10-18-19(11)14-6-8-17-9-7-14/h2-5,10,14,17H,6-9H2,1H3. The van der Waals surface area contributed by atoms with Gasteiger partial charge in [-0.2, -0.15) is 5.10 Å². The van der Waals surface area contributed by atoms with E-state index >= 15 is 0 Å². The van der Waals surface area contributed by atoms with Crippen LogP contribution in [0.5, 0.6) is 0 Å². The maximum Gasteiger partial charge on any atom is 0.0571 e. The first-order valence-corrected chi connectivity index (χ1v) is 7.56. The Morgan fingerprint density at radius 1 is 1.21 bits per heavy atom. The number of nitrogens with zero attached hydrogens (tertiary/aromatic N) is 2. The number of hydrogen-bond acceptors (Lipinski definition) is 2. The average molecular weight is 320 g/mol. The fourth-order valence-electron chi connectivity index (χ4n) is 2.76. The van der Waals surface area contributed by atoms with E-state index in [0.29, 0.717) is 6.04 Å². The van der Waals surface area contributed by atoms with E-state index in [4.69, 9.17) is 0 Å². The molecule has 1 aromatic carbocycles. The van der Waals surface area contributed by atoms with E-state index in [0.717, 1.165) is 17.6 Å². The van der Waals surface area contributed by atoms with Gasteiger partial charge in [0, 0.05) is 15.7 Å². The van der Waals surface area contributed by atoms with Gasteiger partial charge in [0.05, 0.1) is 12.2 Å². The maximum atomic E-state index is 4.62. The van der Waals surface area contributed by atoms with Crippen molar-refractivity contribution in [2.75, 3.05) is 13.1 Å². The molecule has 1 N–H and O–H groups in total. The molecule has 1 aliphatic heterocycles. The summed E-state index contributed by atoms with van der Waals surface area (Å²) in [5.41, 5.74) is 3.75. The highest BCUT2D eigenvalue weighted by Crippen LogP contribution is 2.28. The Hall–Kier alpha value is -1.13. The highest BCUT2D eigenvalue weighted by molar-refractivity contribution is 9.10. The van der Waals surface area contributed by atoms with Gasteiger partial charge >= 0.3 is 0 Å². The molecule has 2 heterocycles. The first-order chi connectivity index (χ1) is 9.25. The Bertz CT molecular complexity index is 553. The summed E-state index contributed by atoms with van der Waals surface area (Å²) in [7, 11) is 0. The van der Waals surface area contributed by atoms with Crippen molar-refractivity contribution in [3.63, 3.8) is 0 Å². The molecule has 19 heavy (non-hydrogen) atoms. The molecule has 4 heteroatoms. The van der Waals surface area contributed by atoms with Gasteiger partial charge in [-0.3, -0.25) is 4.68 Å². The van der Waals surface area contributed by atoms with E-state index in [2.05, 4.69) is 62.2 Å². The Morgan fingerprint density at radius 2 is 1.89 bits per heavy atom. The highest BCUT2D eigenvalue weighted by Gasteiger charge is 2.19. The van der Waals surface area contributed by atoms with Crippen LogP contribution in [0.3, 0.4) is 0 Å². The zero-order valence-electron chi connectivity index (χ0n) is 11.1. The Morgan fingerprint density at radius 3 is 2.58 bits per heavy atom. The van der Waals surface area contributed by atoms with Gasteiger partial charge in [0.1, 0.15) is 0 Å². The lowest BCUT2D eigenvalue weighted by atomic mass is 10.0. The second kappa shape index (κ2) is 5.47. The zero-order valence-corrected chi connectivity index (χ0v) is 12.7. The predicted octanol–water partition coefficient (Wildman–Crippen LogP) is 3.55. The van der Waals surface area contributed by atoms with Gasteiger partial charge in [0.15, 0.2) is 0 Å². The molecule has 0 bridgehead atoms. The number of rotatable bonds is 2. The predicted molar refractivity (Wildman–Crippen MR) is 81.2 cm³/mol. The molecule has 1 aromatic heterocycles. The Balaban J connectivity index is 1.91. The molecule has 3 rings (SSSR count). The van der Waals surface area contributed by atoms with E-state index in [9.17, 15) is 0 Å². The van der Waals surface area contributed by atoms with Crippen LogP contribution in [0.2, 0.25) is 0 Å². The Labute approximate surface area is 122 Å². The van der Waals surface area contributed by atoms with Crippen molar-refractivity contribution < 1.29 is 0 Å². The minimum atomic E-state index is 0.547. The van der Waals surface area contributed by atoms with Gasteiger partial charge in [-0.15, -0.1) is 0 Å². The lowest BCUT2D eigenvalue weighted by molar-refractivity contribution is 0.338. The number of halogens is 1. The van der Waals surface area contributed by atoms with Crippen LogP contribution in [0.4, 0.5) is 0 Å². The molecule has 0 saturated carbocycles. The highest BCUT2D eigenvalue weighted by atomic mass is 79.9. The number of piperidine rings is 1. The van der Waals surface area contributed by atoms with E-state index < -0.39 is 0 Å². The second-order valence-electron chi connectivity index (χ2n) is 5.08. The summed E-state index contributed by atoms with van der Waals surface area (Å²) in [6.07, 6.45) is 4.34. The monoisotopic (exact) mass is 319 g/mol. The largest absolute Gasteiger partial charge is 0.317 e. The quantitative estimate of drug-likeness (QED) is 0.917. The molecule has 0 aliphatic carbocycles. The molecule has 0 atom stereocenters. The van der Waals surface area contributed by atoms with Crippen LogP contribution in [0.15, 0.2) is 34.9 Å². The smallest absolute Gasteiger partial charge is 0.0571 e. The zero-order chi connectivity index (χ0) is 13.2. The lowest BCUT2D eigenvalue weighted by Gasteiger charge is -2.24. The van der Waals surface area contributed by atoms with Crippen LogP contribution in [-0.4, -0.2) is 22.9 Å². The van der Waals surface area contributed by atoms with Gasteiger partial charge in [-0.05, 0) is 50.6 Å². The third-order valence-electron chi connectivity index (χ3n) is 3.85. The van der Waals surface area contributed by atoms with Crippen LogP contribution in [0, 0.1) is 6.92 Å². The van der Waals surface area contributed by atoms with Crippen molar-refractivity contribution in [1.82, 2.24) is 15.1 Å². The van der Waals surface area contributed by atoms with Crippen LogP contribution >= 0.6 is 15.9 Å². The van der Waals surface area contributed by atoms with Crippen molar-refractivity contribution in [3.8, 4) is 11.1 Å². The molecular weight excluding hydrogens is 302 g/mol. The SMILES string of the molecule is Cc1c(-c2ccc(Br)cc2)cnn1C1CCNCC1. The van der Waals surface area contributed by atoms with Crippen LogP contribution < -0.4 is 5.32 Å². The van der Waals surface area contributed by atoms with E-state index in [-0.39, 0.29) is 0 Å². The minimum Gasteiger partial charge on any atom is -0.317 e. The summed E-state index contributed by atoms with van der Waals surface area (Å²) >= 11 is 3.48. The topological polar surface area (TPSA) is 29.9 Å². The van der Waals surface area contributed by atoms with Crippen molar-refractivity contribution in [1.29, 1.82) is 0 Å². The van der Waals surface area contributed by atoms with Gasteiger partial charge in [0.25, 0.3) is 0 Å². The molecule has 0 spiro atoms. The Kier molecular flexibility index (Phi) is 3.71. The number of nitrogens with one attached hydrogen (secondary N) is 1. The number of aromatic nitrogens is 2. The van der Waals surface area contributed by atoms with Crippen molar-refractivity contribution in [2.24, 2.45) is 0 Å². The third-order valence-corrected chi connectivity index (χ3v) is 4.38. The summed E-state index contributed by atoms with van der Waals surface area (Å²) in [5, 5.41) is 8.02. The van der Waals surface area contributed by atoms with Crippen molar-refractivity contribution >= 4 is 15.9 Å². The summed E-state index contributed by atoms with van der Waals surface area (Å²) in [5.74, 6) is 0. The summed E-state index contributed by atoms with van der Waals surface area (Å²) in [6.45, 7) is 4.36. The van der Waals surface area contributed by atoms with Gasteiger partial charge in [-0.1, -0.05) is 28.1 Å². The normalized spacial score (nSPS) is 16.7. The molecule has 0 radical (unpaired) electrons. The van der Waals surface area contributed by atoms with Gasteiger partial charge < -0.3 is 5.32 Å². The molecule has 1 fully saturated rings. The fraction of sp³-hybridized carbons (Fsp3) is 0.400. The van der Waals surface area contributed by atoms with Crippen molar-refractivity contribution in [2.45, 2.75) is 25.8 Å². The summed E-state index contributed by atoms with van der Waals surface area (Å²) < 4.78 is 3.32. The second-order valence-corrected chi connectivity index (χ2v) is 5.99. The van der Waals surface area contributed by atoms with E-state index in [1.165, 1.54) is 29.7 Å². The first kappa shape index (κ1) is 12.9. The average Bonchev–Trinajstić information content (AvgIpc) is 2.83.